The molecule has 0 bridgehead atoms. The molecule has 7 unspecified atom stereocenters. The van der Waals surface area contributed by atoms with Crippen molar-refractivity contribution in [3.8, 4) is 0 Å². The van der Waals surface area contributed by atoms with E-state index in [1.807, 2.05) is 0 Å². The topological polar surface area (TPSA) is 6.48 Å². The van der Waals surface area contributed by atoms with E-state index in [2.05, 4.69) is 142 Å². The highest BCUT2D eigenvalue weighted by atomic mass is 15.3. The van der Waals surface area contributed by atoms with Gasteiger partial charge in [0.05, 0.1) is 6.04 Å². The van der Waals surface area contributed by atoms with Crippen LogP contribution in [0.25, 0.3) is 0 Å². The fourth-order valence-corrected chi connectivity index (χ4v) is 12.5. The van der Waals surface area contributed by atoms with Crippen LogP contribution in [-0.4, -0.2) is 23.7 Å². The summed E-state index contributed by atoms with van der Waals surface area (Å²) >= 11 is 0. The van der Waals surface area contributed by atoms with E-state index in [-0.39, 0.29) is 5.41 Å². The number of aryl methyl sites for hydroxylation is 1. The highest BCUT2D eigenvalue weighted by Crippen LogP contribution is 2.65. The lowest BCUT2D eigenvalue weighted by molar-refractivity contribution is 0.340. The van der Waals surface area contributed by atoms with Gasteiger partial charge in [-0.05, 0) is 118 Å². The maximum Gasteiger partial charge on any atom is 0.217 e. The second-order valence-corrected chi connectivity index (χ2v) is 17.5. The van der Waals surface area contributed by atoms with Gasteiger partial charge in [0.2, 0.25) is 6.71 Å². The van der Waals surface area contributed by atoms with Gasteiger partial charge in [-0.3, -0.25) is 0 Å². The Hall–Kier alpha value is -4.24. The number of rotatable bonds is 3. The summed E-state index contributed by atoms with van der Waals surface area (Å²) in [5, 5.41) is 0. The summed E-state index contributed by atoms with van der Waals surface area (Å²) in [6.07, 6.45) is 27.1. The summed E-state index contributed by atoms with van der Waals surface area (Å²) < 4.78 is 0. The first-order chi connectivity index (χ1) is 24.8. The zero-order valence-electron chi connectivity index (χ0n) is 30.9. The molecular formula is C48H49BN2. The van der Waals surface area contributed by atoms with Crippen molar-refractivity contribution in [3.63, 3.8) is 0 Å². The van der Waals surface area contributed by atoms with Gasteiger partial charge in [-0.25, -0.2) is 0 Å². The van der Waals surface area contributed by atoms with Crippen molar-refractivity contribution in [1.29, 1.82) is 0 Å². The first kappa shape index (κ1) is 30.4. The second-order valence-electron chi connectivity index (χ2n) is 17.5. The van der Waals surface area contributed by atoms with Crippen LogP contribution in [0.5, 0.6) is 0 Å². The van der Waals surface area contributed by atoms with Gasteiger partial charge in [0.15, 0.2) is 0 Å². The fourth-order valence-electron chi connectivity index (χ4n) is 12.5. The Labute approximate surface area is 305 Å². The molecule has 2 aromatic rings. The molecule has 4 heterocycles. The van der Waals surface area contributed by atoms with Crippen LogP contribution in [0.3, 0.4) is 0 Å². The van der Waals surface area contributed by atoms with E-state index in [9.17, 15) is 0 Å². The summed E-state index contributed by atoms with van der Waals surface area (Å²) in [6, 6.07) is 19.7. The van der Waals surface area contributed by atoms with E-state index in [1.165, 1.54) is 41.8 Å². The lowest BCUT2D eigenvalue weighted by Gasteiger charge is -2.57. The standard InChI is InChI=1S/C48H49BN2/c1-28-16-19-41-34(22-28)36-24-30(3)26-39-45(36)50(41)43-21-18-38(48(5,32-12-8-6-9-13-32)33-14-10-7-11-15-33)47-44(43)49(39)40-27-31(4)25-37-35-23-29(2)17-20-42(35)51(47)46(37)40/h6-10,12-14,16-20,23,25-26,28,36-37,40,43,46H,11,15,21-22,24,27H2,1-5H3. The number of hydrogen-bond donors (Lipinski definition) is 0. The number of fused-ring (bicyclic) bond motifs is 9. The molecule has 3 heteroatoms. The molecule has 0 amide bonds. The Kier molecular flexibility index (Phi) is 6.35. The molecule has 4 aliphatic heterocycles. The van der Waals surface area contributed by atoms with Crippen LogP contribution in [0, 0.1) is 18.8 Å². The monoisotopic (exact) mass is 664 g/mol. The van der Waals surface area contributed by atoms with Gasteiger partial charge in [0.25, 0.3) is 0 Å². The van der Waals surface area contributed by atoms with Gasteiger partial charge in [-0.2, -0.15) is 0 Å². The fraction of sp³-hybridized carbons (Fsp3) is 0.375. The minimum Gasteiger partial charge on any atom is -0.338 e. The average molecular weight is 665 g/mol. The number of anilines is 1. The first-order valence-electron chi connectivity index (χ1n) is 19.9. The van der Waals surface area contributed by atoms with E-state index in [0.29, 0.717) is 42.4 Å². The van der Waals surface area contributed by atoms with E-state index in [4.69, 9.17) is 0 Å². The molecule has 7 atom stereocenters. The largest absolute Gasteiger partial charge is 0.338 e. The Morgan fingerprint density at radius 3 is 2.63 bits per heavy atom. The molecule has 0 fully saturated rings. The van der Waals surface area contributed by atoms with Crippen LogP contribution in [-0.2, 0) is 5.41 Å². The lowest BCUT2D eigenvalue weighted by atomic mass is 9.25. The summed E-state index contributed by atoms with van der Waals surface area (Å²) in [5.41, 5.74) is 21.7. The number of nitrogens with zero attached hydrogens (tertiary/aromatic N) is 2. The quantitative estimate of drug-likeness (QED) is 0.238. The smallest absolute Gasteiger partial charge is 0.217 e. The molecule has 0 saturated carbocycles. The van der Waals surface area contributed by atoms with Crippen molar-refractivity contribution in [1.82, 2.24) is 4.90 Å². The molecule has 2 aromatic carbocycles. The van der Waals surface area contributed by atoms with Crippen LogP contribution in [0.15, 0.2) is 153 Å². The number of allylic oxidation sites excluding steroid dienone is 12. The van der Waals surface area contributed by atoms with Gasteiger partial charge >= 0.3 is 0 Å². The zero-order valence-corrected chi connectivity index (χ0v) is 30.9. The third kappa shape index (κ3) is 3.96. The van der Waals surface area contributed by atoms with E-state index in [0.717, 1.165) is 19.3 Å². The number of benzene rings is 2. The Bertz CT molecular complexity index is 2220. The predicted molar refractivity (Wildman–Crippen MR) is 213 cm³/mol. The van der Waals surface area contributed by atoms with Gasteiger partial charge in [0, 0.05) is 46.1 Å². The van der Waals surface area contributed by atoms with Crippen molar-refractivity contribution < 1.29 is 0 Å². The molecule has 51 heavy (non-hydrogen) atoms. The van der Waals surface area contributed by atoms with E-state index < -0.39 is 0 Å². The van der Waals surface area contributed by atoms with E-state index in [1.54, 1.807) is 55.8 Å². The van der Waals surface area contributed by atoms with Crippen molar-refractivity contribution in [2.75, 3.05) is 4.90 Å². The molecule has 2 nitrogen and oxygen atoms in total. The van der Waals surface area contributed by atoms with Crippen LogP contribution in [0.4, 0.5) is 5.69 Å². The van der Waals surface area contributed by atoms with Gasteiger partial charge < -0.3 is 9.80 Å². The van der Waals surface area contributed by atoms with Crippen molar-refractivity contribution in [2.24, 2.45) is 11.8 Å². The highest BCUT2D eigenvalue weighted by molar-refractivity contribution is 6.77. The summed E-state index contributed by atoms with van der Waals surface area (Å²) in [4.78, 5) is 5.83. The highest BCUT2D eigenvalue weighted by Gasteiger charge is 2.62. The second kappa shape index (κ2) is 10.7. The molecule has 11 rings (SSSR count). The van der Waals surface area contributed by atoms with Crippen molar-refractivity contribution in [2.45, 2.75) is 102 Å². The minimum absolute atomic E-state index is 0.231. The van der Waals surface area contributed by atoms with E-state index >= 15 is 0 Å². The van der Waals surface area contributed by atoms with Gasteiger partial charge in [-0.15, -0.1) is 0 Å². The van der Waals surface area contributed by atoms with Gasteiger partial charge in [-0.1, -0.05) is 120 Å². The van der Waals surface area contributed by atoms with Crippen LogP contribution >= 0.6 is 0 Å². The predicted octanol–water partition coefficient (Wildman–Crippen LogP) is 11.2. The van der Waals surface area contributed by atoms with Crippen LogP contribution < -0.4 is 4.90 Å². The normalized spacial score (nSPS) is 32.1. The zero-order chi connectivity index (χ0) is 34.3. The SMILES string of the molecule is CC1=CC2=C3C(C1)C1=C(C=CC(C)C1)N3C1CC=C(C(C)(C3=CC=CCC3)c3ccccc3)C3=C1B2C1CC(C)=CC2c4cc(C)ccc4N3C12. The summed E-state index contributed by atoms with van der Waals surface area (Å²) in [7, 11) is 0. The molecule has 0 saturated heterocycles. The molecule has 254 valence electrons. The van der Waals surface area contributed by atoms with Crippen molar-refractivity contribution in [3.05, 3.63) is 170 Å². The maximum absolute atomic E-state index is 2.93. The average Bonchev–Trinajstić information content (AvgIpc) is 3.64. The Morgan fingerprint density at radius 2 is 1.80 bits per heavy atom. The Morgan fingerprint density at radius 1 is 0.941 bits per heavy atom. The molecular weight excluding hydrogens is 615 g/mol. The molecule has 9 aliphatic rings. The summed E-state index contributed by atoms with van der Waals surface area (Å²) in [5.74, 6) is 2.11. The minimum atomic E-state index is -0.231. The maximum atomic E-state index is 2.93. The molecule has 0 aromatic heterocycles. The summed E-state index contributed by atoms with van der Waals surface area (Å²) in [6.45, 7) is 12.6. The molecule has 0 radical (unpaired) electrons. The lowest BCUT2D eigenvalue weighted by Crippen LogP contribution is -2.59. The number of hydrogen-bond acceptors (Lipinski definition) is 2. The van der Waals surface area contributed by atoms with Crippen LogP contribution in [0.1, 0.15) is 88.8 Å². The van der Waals surface area contributed by atoms with Gasteiger partial charge in [0.1, 0.15) is 0 Å². The van der Waals surface area contributed by atoms with Crippen molar-refractivity contribution >= 4 is 12.4 Å². The first-order valence-corrected chi connectivity index (χ1v) is 19.9. The molecule has 0 N–H and O–H groups in total. The third-order valence-electron chi connectivity index (χ3n) is 14.5. The third-order valence-corrected chi connectivity index (χ3v) is 14.5. The molecule has 5 aliphatic carbocycles. The molecule has 0 spiro atoms. The Balaban J connectivity index is 1.23. The van der Waals surface area contributed by atoms with Crippen LogP contribution in [0.2, 0.25) is 5.82 Å².